The van der Waals surface area contributed by atoms with E-state index in [0.717, 1.165) is 24.0 Å². The van der Waals surface area contributed by atoms with Crippen LogP contribution in [0.4, 0.5) is 0 Å². The zero-order valence-electron chi connectivity index (χ0n) is 23.2. The van der Waals surface area contributed by atoms with Crippen LogP contribution in [0.2, 0.25) is 0 Å². The number of unbranched alkanes of at least 4 members (excludes halogenated alkanes) is 11. The normalized spacial score (nSPS) is 12.0. The molecular weight excluding hydrogens is 446 g/mol. The van der Waals surface area contributed by atoms with Crippen molar-refractivity contribution in [3.05, 3.63) is 71.8 Å². The van der Waals surface area contributed by atoms with E-state index in [1.54, 1.807) is 30.3 Å². The number of carboxylic acids is 1. The molecule has 202 valence electrons. The highest BCUT2D eigenvalue weighted by Gasteiger charge is 2.20. The zero-order chi connectivity index (χ0) is 26.5. The van der Waals surface area contributed by atoms with Crippen LogP contribution >= 0.6 is 0 Å². The Morgan fingerprint density at radius 1 is 0.722 bits per heavy atom. The fraction of sp³-hybridized carbons (Fsp3) is 0.594. The minimum Gasteiger partial charge on any atom is -0.478 e. The number of aliphatic hydroxyl groups is 1. The Balaban J connectivity index is 0.000000600. The minimum absolute atomic E-state index is 0.174. The molecule has 0 saturated carbocycles. The summed E-state index contributed by atoms with van der Waals surface area (Å²) in [5.41, 5.74) is 1.68. The molecule has 2 aromatic carbocycles. The SMILES string of the molecule is CCCCCCCCCCCCCCC(O)C[N+](C)(C)Cc1ccccc1.O=C(O)c1ccccc1. The first-order chi connectivity index (χ1) is 17.3. The van der Waals surface area contributed by atoms with Crippen molar-refractivity contribution in [3.8, 4) is 0 Å². The maximum absolute atomic E-state index is 10.4. The summed E-state index contributed by atoms with van der Waals surface area (Å²) in [6.45, 7) is 4.10. The van der Waals surface area contributed by atoms with Crippen LogP contribution < -0.4 is 0 Å². The monoisotopic (exact) mass is 498 g/mol. The van der Waals surface area contributed by atoms with Crippen molar-refractivity contribution >= 4 is 5.97 Å². The van der Waals surface area contributed by atoms with Gasteiger partial charge < -0.3 is 14.7 Å². The average Bonchev–Trinajstić information content (AvgIpc) is 2.85. The first kappa shape index (κ1) is 31.9. The van der Waals surface area contributed by atoms with Gasteiger partial charge in [-0.25, -0.2) is 4.79 Å². The summed E-state index contributed by atoms with van der Waals surface area (Å²) in [6, 6.07) is 18.9. The lowest BCUT2D eigenvalue weighted by Crippen LogP contribution is -2.44. The third kappa shape index (κ3) is 17.3. The summed E-state index contributed by atoms with van der Waals surface area (Å²) in [6.07, 6.45) is 17.2. The molecule has 2 N–H and O–H groups in total. The highest BCUT2D eigenvalue weighted by Crippen LogP contribution is 2.15. The molecule has 2 rings (SSSR count). The molecule has 0 amide bonds. The number of hydrogen-bond acceptors (Lipinski definition) is 2. The maximum Gasteiger partial charge on any atom is 0.335 e. The van der Waals surface area contributed by atoms with Gasteiger partial charge in [-0.1, -0.05) is 133 Å². The van der Waals surface area contributed by atoms with Gasteiger partial charge in [-0.05, 0) is 18.6 Å². The number of hydrogen-bond donors (Lipinski definition) is 2. The highest BCUT2D eigenvalue weighted by atomic mass is 16.4. The number of nitrogens with zero attached hydrogens (tertiary/aromatic N) is 1. The fourth-order valence-electron chi connectivity index (χ4n) is 4.61. The third-order valence-electron chi connectivity index (χ3n) is 6.57. The van der Waals surface area contributed by atoms with Crippen LogP contribution in [0.25, 0.3) is 0 Å². The van der Waals surface area contributed by atoms with Crippen LogP contribution in [0.15, 0.2) is 60.7 Å². The molecule has 0 aliphatic rings. The van der Waals surface area contributed by atoms with Crippen molar-refractivity contribution < 1.29 is 19.5 Å². The minimum atomic E-state index is -0.879. The van der Waals surface area contributed by atoms with E-state index in [-0.39, 0.29) is 6.10 Å². The second-order valence-corrected chi connectivity index (χ2v) is 10.8. The van der Waals surface area contributed by atoms with Gasteiger partial charge >= 0.3 is 5.97 Å². The molecule has 0 fully saturated rings. The molecule has 4 nitrogen and oxygen atoms in total. The summed E-state index contributed by atoms with van der Waals surface area (Å²) in [5.74, 6) is -0.879. The second kappa shape index (κ2) is 20.0. The largest absolute Gasteiger partial charge is 0.478 e. The van der Waals surface area contributed by atoms with E-state index in [1.807, 2.05) is 0 Å². The van der Waals surface area contributed by atoms with Gasteiger partial charge in [-0.15, -0.1) is 0 Å². The zero-order valence-corrected chi connectivity index (χ0v) is 23.2. The Kier molecular flexibility index (Phi) is 17.7. The van der Waals surface area contributed by atoms with E-state index in [0.29, 0.717) is 5.56 Å². The van der Waals surface area contributed by atoms with Crippen LogP contribution in [0.5, 0.6) is 0 Å². The van der Waals surface area contributed by atoms with E-state index in [9.17, 15) is 9.90 Å². The Hall–Kier alpha value is -2.17. The van der Waals surface area contributed by atoms with E-state index >= 15 is 0 Å². The number of likely N-dealkylation sites (N-methyl/N-ethyl adjacent to an activating group) is 1. The molecule has 1 atom stereocenters. The second-order valence-electron chi connectivity index (χ2n) is 10.8. The average molecular weight is 499 g/mol. The molecule has 0 spiro atoms. The first-order valence-electron chi connectivity index (χ1n) is 14.2. The van der Waals surface area contributed by atoms with Gasteiger partial charge in [0.25, 0.3) is 0 Å². The number of aliphatic hydroxyl groups excluding tert-OH is 1. The lowest BCUT2D eigenvalue weighted by atomic mass is 10.0. The Bertz CT molecular complexity index is 777. The molecule has 1 unspecified atom stereocenters. The topological polar surface area (TPSA) is 57.5 Å². The highest BCUT2D eigenvalue weighted by molar-refractivity contribution is 5.87. The molecule has 2 aromatic rings. The summed E-state index contributed by atoms with van der Waals surface area (Å²) in [7, 11) is 4.44. The Morgan fingerprint density at radius 3 is 1.61 bits per heavy atom. The smallest absolute Gasteiger partial charge is 0.335 e. The van der Waals surface area contributed by atoms with Gasteiger partial charge in [-0.3, -0.25) is 0 Å². The Labute approximate surface area is 221 Å². The summed E-state index contributed by atoms with van der Waals surface area (Å²) < 4.78 is 0.851. The van der Waals surface area contributed by atoms with Crippen molar-refractivity contribution in [2.75, 3.05) is 20.6 Å². The predicted molar refractivity (Wildman–Crippen MR) is 152 cm³/mol. The number of rotatable bonds is 18. The lowest BCUT2D eigenvalue weighted by molar-refractivity contribution is -0.906. The van der Waals surface area contributed by atoms with Crippen LogP contribution in [0, 0.1) is 0 Å². The summed E-state index contributed by atoms with van der Waals surface area (Å²) >= 11 is 0. The molecule has 0 saturated heterocycles. The number of quaternary nitrogens is 1. The van der Waals surface area contributed by atoms with Gasteiger partial charge in [0.15, 0.2) is 0 Å². The van der Waals surface area contributed by atoms with Crippen molar-refractivity contribution in [2.24, 2.45) is 0 Å². The van der Waals surface area contributed by atoms with Crippen molar-refractivity contribution in [1.82, 2.24) is 0 Å². The Morgan fingerprint density at radius 2 is 1.17 bits per heavy atom. The molecule has 0 radical (unpaired) electrons. The molecule has 4 heteroatoms. The van der Waals surface area contributed by atoms with E-state index in [4.69, 9.17) is 5.11 Å². The van der Waals surface area contributed by atoms with Crippen LogP contribution in [0.3, 0.4) is 0 Å². The van der Waals surface area contributed by atoms with Gasteiger partial charge in [0.1, 0.15) is 19.2 Å². The molecule has 0 aromatic heterocycles. The molecule has 0 aliphatic heterocycles. The van der Waals surface area contributed by atoms with Crippen LogP contribution in [-0.2, 0) is 6.54 Å². The lowest BCUT2D eigenvalue weighted by Gasteiger charge is -2.32. The quantitative estimate of drug-likeness (QED) is 0.161. The predicted octanol–water partition coefficient (Wildman–Crippen LogP) is 8.10. The molecule has 0 bridgehead atoms. The van der Waals surface area contributed by atoms with Crippen molar-refractivity contribution in [3.63, 3.8) is 0 Å². The van der Waals surface area contributed by atoms with E-state index in [2.05, 4.69) is 51.4 Å². The standard InChI is InChI=1S/C25H46NO.C7H6O2/c1-4-5-6-7-8-9-10-11-12-13-14-18-21-25(27)23-26(2,3)22-24-19-16-15-17-20-24;8-7(9)6-4-2-1-3-5-6/h15-17,19-20,25,27H,4-14,18,21-23H2,1-3H3;1-5H,(H,8,9)/q+1;. The number of benzene rings is 2. The summed E-state index contributed by atoms with van der Waals surface area (Å²) in [5, 5.41) is 18.8. The third-order valence-corrected chi connectivity index (χ3v) is 6.57. The van der Waals surface area contributed by atoms with Crippen LogP contribution in [-0.4, -0.2) is 47.4 Å². The van der Waals surface area contributed by atoms with E-state index < -0.39 is 5.97 Å². The van der Waals surface area contributed by atoms with Crippen LogP contribution in [0.1, 0.15) is 106 Å². The van der Waals surface area contributed by atoms with Gasteiger partial charge in [-0.2, -0.15) is 0 Å². The van der Waals surface area contributed by atoms with Gasteiger partial charge in [0, 0.05) is 5.56 Å². The van der Waals surface area contributed by atoms with Crippen molar-refractivity contribution in [2.45, 2.75) is 103 Å². The van der Waals surface area contributed by atoms with Gasteiger partial charge in [0.2, 0.25) is 0 Å². The van der Waals surface area contributed by atoms with E-state index in [1.165, 1.54) is 82.6 Å². The van der Waals surface area contributed by atoms with Gasteiger partial charge in [0.05, 0.1) is 19.7 Å². The number of carbonyl (C=O) groups is 1. The molecule has 0 aliphatic carbocycles. The maximum atomic E-state index is 10.4. The molecule has 36 heavy (non-hydrogen) atoms. The first-order valence-corrected chi connectivity index (χ1v) is 14.2. The molecule has 0 heterocycles. The summed E-state index contributed by atoms with van der Waals surface area (Å²) in [4.78, 5) is 10.2. The molecular formula is C32H52NO3+. The fourth-order valence-corrected chi connectivity index (χ4v) is 4.61. The number of carboxylic acid groups (broad SMARTS) is 1. The number of aromatic carboxylic acids is 1. The van der Waals surface area contributed by atoms with Crippen molar-refractivity contribution in [1.29, 1.82) is 0 Å².